The highest BCUT2D eigenvalue weighted by molar-refractivity contribution is 7.99. The molecule has 3 heterocycles. The highest BCUT2D eigenvalue weighted by atomic mass is 32.2. The summed E-state index contributed by atoms with van der Waals surface area (Å²) in [6, 6.07) is 4.10. The molecule has 168 valence electrons. The maximum absolute atomic E-state index is 14.6. The summed E-state index contributed by atoms with van der Waals surface area (Å²) in [4.78, 5) is 22.4. The van der Waals surface area contributed by atoms with Gasteiger partial charge in [0.05, 0.1) is 11.3 Å². The number of anilines is 1. The van der Waals surface area contributed by atoms with Crippen molar-refractivity contribution in [3.05, 3.63) is 34.1 Å². The van der Waals surface area contributed by atoms with Crippen molar-refractivity contribution in [2.45, 2.75) is 61.6 Å². The highest BCUT2D eigenvalue weighted by Gasteiger charge is 2.33. The third kappa shape index (κ3) is 4.83. The Morgan fingerprint density at radius 3 is 2.65 bits per heavy atom. The number of hydrogen-bond acceptors (Lipinski definition) is 6. The number of piperidine rings is 1. The van der Waals surface area contributed by atoms with E-state index in [0.717, 1.165) is 50.3 Å². The van der Waals surface area contributed by atoms with Crippen LogP contribution in [0, 0.1) is 5.82 Å². The van der Waals surface area contributed by atoms with Gasteiger partial charge in [-0.05, 0) is 50.9 Å². The summed E-state index contributed by atoms with van der Waals surface area (Å²) < 4.78 is 26.0. The minimum Gasteiger partial charge on any atom is -0.382 e. The van der Waals surface area contributed by atoms with Crippen molar-refractivity contribution < 1.29 is 8.60 Å². The first-order chi connectivity index (χ1) is 15.0. The molecule has 0 bridgehead atoms. The zero-order valence-electron chi connectivity index (χ0n) is 17.6. The van der Waals surface area contributed by atoms with E-state index in [1.807, 2.05) is 11.8 Å². The molecule has 0 radical (unpaired) electrons. The topological polar surface area (TPSA) is 78.1 Å². The van der Waals surface area contributed by atoms with E-state index < -0.39 is 22.2 Å². The maximum Gasteiger partial charge on any atom is 0.261 e. The van der Waals surface area contributed by atoms with Crippen LogP contribution in [0.4, 0.5) is 10.1 Å². The predicted octanol–water partition coefficient (Wildman–Crippen LogP) is 3.25. The Balaban J connectivity index is 1.23. The van der Waals surface area contributed by atoms with Gasteiger partial charge in [0.15, 0.2) is 0 Å². The summed E-state index contributed by atoms with van der Waals surface area (Å²) in [6.45, 7) is 2.09. The van der Waals surface area contributed by atoms with Crippen LogP contribution in [0.25, 0.3) is 10.9 Å². The van der Waals surface area contributed by atoms with E-state index in [2.05, 4.69) is 20.2 Å². The molecule has 1 aromatic heterocycles. The SMILES string of the molecule is O=c1[nH]c(CSC2CCN(C3CS(=O)C3)CC2)nc2cc(NC3CCCC3)cc(F)c12. The van der Waals surface area contributed by atoms with Crippen molar-refractivity contribution in [3.63, 3.8) is 0 Å². The van der Waals surface area contributed by atoms with Gasteiger partial charge in [0.1, 0.15) is 17.0 Å². The van der Waals surface area contributed by atoms with E-state index in [1.165, 1.54) is 18.9 Å². The van der Waals surface area contributed by atoms with Crippen LogP contribution in [-0.4, -0.2) is 61.0 Å². The van der Waals surface area contributed by atoms with Gasteiger partial charge in [-0.1, -0.05) is 12.8 Å². The lowest BCUT2D eigenvalue weighted by atomic mass is 10.1. The van der Waals surface area contributed by atoms with E-state index in [1.54, 1.807) is 6.07 Å². The smallest absolute Gasteiger partial charge is 0.261 e. The minimum atomic E-state index is -0.600. The Morgan fingerprint density at radius 2 is 1.94 bits per heavy atom. The molecule has 31 heavy (non-hydrogen) atoms. The van der Waals surface area contributed by atoms with Crippen LogP contribution in [0.5, 0.6) is 0 Å². The van der Waals surface area contributed by atoms with Crippen LogP contribution in [0.1, 0.15) is 44.3 Å². The monoisotopic (exact) mass is 464 g/mol. The van der Waals surface area contributed by atoms with E-state index >= 15 is 0 Å². The Bertz CT molecular complexity index is 1020. The molecule has 2 saturated heterocycles. The van der Waals surface area contributed by atoms with Crippen LogP contribution >= 0.6 is 11.8 Å². The van der Waals surface area contributed by atoms with Gasteiger partial charge in [0.25, 0.3) is 5.56 Å². The van der Waals surface area contributed by atoms with Crippen molar-refractivity contribution in [2.24, 2.45) is 0 Å². The molecular weight excluding hydrogens is 435 g/mol. The van der Waals surface area contributed by atoms with Gasteiger partial charge in [0.2, 0.25) is 0 Å². The number of nitrogens with zero attached hydrogens (tertiary/aromatic N) is 2. The second kappa shape index (κ2) is 9.19. The maximum atomic E-state index is 14.6. The van der Waals surface area contributed by atoms with Gasteiger partial charge in [-0.25, -0.2) is 9.37 Å². The fourth-order valence-corrected chi connectivity index (χ4v) is 7.18. The number of rotatable bonds is 6. The largest absolute Gasteiger partial charge is 0.382 e. The molecule has 2 N–H and O–H groups in total. The zero-order valence-corrected chi connectivity index (χ0v) is 19.2. The molecule has 0 amide bonds. The van der Waals surface area contributed by atoms with Crippen LogP contribution in [0.15, 0.2) is 16.9 Å². The number of fused-ring (bicyclic) bond motifs is 1. The van der Waals surface area contributed by atoms with Gasteiger partial charge < -0.3 is 10.3 Å². The van der Waals surface area contributed by atoms with E-state index in [4.69, 9.17) is 0 Å². The van der Waals surface area contributed by atoms with Gasteiger partial charge in [-0.15, -0.1) is 0 Å². The molecule has 6 nitrogen and oxygen atoms in total. The average molecular weight is 465 g/mol. The first kappa shape index (κ1) is 21.4. The Labute approximate surface area is 188 Å². The van der Waals surface area contributed by atoms with Gasteiger partial charge in [-0.3, -0.25) is 13.9 Å². The second-order valence-corrected chi connectivity index (χ2v) is 11.8. The molecule has 5 rings (SSSR count). The average Bonchev–Trinajstić information content (AvgIpc) is 3.23. The molecule has 9 heteroatoms. The van der Waals surface area contributed by atoms with Gasteiger partial charge in [0, 0.05) is 45.3 Å². The lowest BCUT2D eigenvalue weighted by molar-refractivity contribution is 0.184. The summed E-state index contributed by atoms with van der Waals surface area (Å²) in [7, 11) is -0.600. The molecule has 3 aliphatic rings. The summed E-state index contributed by atoms with van der Waals surface area (Å²) in [5.41, 5.74) is 0.726. The molecule has 3 fully saturated rings. The zero-order chi connectivity index (χ0) is 21.4. The number of benzene rings is 1. The number of aromatic nitrogens is 2. The van der Waals surface area contributed by atoms with Crippen molar-refractivity contribution in [3.8, 4) is 0 Å². The minimum absolute atomic E-state index is 0.0388. The van der Waals surface area contributed by atoms with Crippen molar-refractivity contribution >= 4 is 39.2 Å². The molecule has 2 aromatic rings. The molecule has 0 unspecified atom stereocenters. The van der Waals surface area contributed by atoms with Crippen LogP contribution in [0.3, 0.4) is 0 Å². The predicted molar refractivity (Wildman–Crippen MR) is 126 cm³/mol. The fraction of sp³-hybridized carbons (Fsp3) is 0.636. The standard InChI is InChI=1S/C22H29FN4O2S2/c23-18-9-15(24-14-3-1-2-4-14)10-19-21(18)22(28)26-20(25-19)11-30-17-5-7-27(8-6-17)16-12-31(29)13-16/h9-10,14,16-17,24H,1-8,11-13H2,(H,25,26,28). The van der Waals surface area contributed by atoms with Crippen molar-refractivity contribution in [1.29, 1.82) is 0 Å². The summed E-state index contributed by atoms with van der Waals surface area (Å²) in [5, 5.41) is 3.96. The third-order valence-electron chi connectivity index (χ3n) is 6.74. The highest BCUT2D eigenvalue weighted by Crippen LogP contribution is 2.29. The molecule has 1 aromatic carbocycles. The normalized spacial score (nSPS) is 25.7. The lowest BCUT2D eigenvalue weighted by Gasteiger charge is -2.40. The Morgan fingerprint density at radius 1 is 1.19 bits per heavy atom. The molecule has 0 spiro atoms. The summed E-state index contributed by atoms with van der Waals surface area (Å²) >= 11 is 1.81. The van der Waals surface area contributed by atoms with Gasteiger partial charge >= 0.3 is 0 Å². The summed E-state index contributed by atoms with van der Waals surface area (Å²) in [6.07, 6.45) is 6.78. The first-order valence-electron chi connectivity index (χ1n) is 11.2. The quantitative estimate of drug-likeness (QED) is 0.683. The Kier molecular flexibility index (Phi) is 6.35. The number of likely N-dealkylation sites (tertiary alicyclic amines) is 1. The number of aromatic amines is 1. The number of nitrogens with one attached hydrogen (secondary N) is 2. The second-order valence-electron chi connectivity index (χ2n) is 8.96. The van der Waals surface area contributed by atoms with Crippen LogP contribution in [-0.2, 0) is 16.6 Å². The van der Waals surface area contributed by atoms with E-state index in [0.29, 0.717) is 40.1 Å². The number of H-pyrrole nitrogens is 1. The van der Waals surface area contributed by atoms with Crippen molar-refractivity contribution in [2.75, 3.05) is 29.9 Å². The van der Waals surface area contributed by atoms with Crippen LogP contribution < -0.4 is 10.9 Å². The van der Waals surface area contributed by atoms with Crippen molar-refractivity contribution in [1.82, 2.24) is 14.9 Å². The summed E-state index contributed by atoms with van der Waals surface area (Å²) in [5.74, 6) is 2.36. The van der Waals surface area contributed by atoms with E-state index in [-0.39, 0.29) is 5.39 Å². The number of halogens is 1. The Hall–Kier alpha value is -1.45. The molecule has 1 aliphatic carbocycles. The molecule has 0 atom stereocenters. The fourth-order valence-electron chi connectivity index (χ4n) is 4.93. The lowest BCUT2D eigenvalue weighted by Crippen LogP contribution is -2.53. The third-order valence-corrected chi connectivity index (χ3v) is 9.64. The number of hydrogen-bond donors (Lipinski definition) is 2. The first-order valence-corrected chi connectivity index (χ1v) is 13.8. The molecule has 1 saturated carbocycles. The number of thioether (sulfide) groups is 1. The molecule has 2 aliphatic heterocycles. The molecular formula is C22H29FN4O2S2. The van der Waals surface area contributed by atoms with Gasteiger partial charge in [-0.2, -0.15) is 11.8 Å². The van der Waals surface area contributed by atoms with Crippen LogP contribution in [0.2, 0.25) is 0 Å². The van der Waals surface area contributed by atoms with E-state index in [9.17, 15) is 13.4 Å².